The summed E-state index contributed by atoms with van der Waals surface area (Å²) < 4.78 is 32.1. The molecule has 0 spiro atoms. The van der Waals surface area contributed by atoms with Crippen LogP contribution in [0.2, 0.25) is 0 Å². The number of halogens is 1. The summed E-state index contributed by atoms with van der Waals surface area (Å²) in [6.45, 7) is 1.42. The van der Waals surface area contributed by atoms with Crippen molar-refractivity contribution in [3.05, 3.63) is 28.2 Å². The summed E-state index contributed by atoms with van der Waals surface area (Å²) in [5.74, 6) is -0.511. The third kappa shape index (κ3) is 3.38. The minimum atomic E-state index is -3.61. The Morgan fingerprint density at radius 2 is 2.25 bits per heavy atom. The maximum atomic E-state index is 12.3. The lowest BCUT2D eigenvalue weighted by molar-refractivity contribution is 0.0600. The summed E-state index contributed by atoms with van der Waals surface area (Å²) in [5, 5.41) is 3.09. The summed E-state index contributed by atoms with van der Waals surface area (Å²) in [4.78, 5) is 11.5. The molecule has 2 N–H and O–H groups in total. The van der Waals surface area contributed by atoms with E-state index in [0.717, 1.165) is 13.0 Å². The molecular weight excluding hydrogens is 348 g/mol. The molecule has 0 radical (unpaired) electrons. The molecule has 0 saturated carbocycles. The number of benzene rings is 1. The van der Waals surface area contributed by atoms with Crippen LogP contribution in [0.3, 0.4) is 0 Å². The Hall–Kier alpha value is -0.960. The van der Waals surface area contributed by atoms with Gasteiger partial charge in [-0.15, -0.1) is 0 Å². The van der Waals surface area contributed by atoms with Gasteiger partial charge in [0.15, 0.2) is 0 Å². The lowest BCUT2D eigenvalue weighted by Crippen LogP contribution is -2.36. The molecule has 1 aliphatic rings. The molecular formula is C12H15BrN2O4S. The molecule has 2 rings (SSSR count). The van der Waals surface area contributed by atoms with E-state index in [0.29, 0.717) is 16.6 Å². The highest BCUT2D eigenvalue weighted by Crippen LogP contribution is 2.24. The first-order valence-electron chi connectivity index (χ1n) is 6.05. The number of sulfonamides is 1. The van der Waals surface area contributed by atoms with E-state index in [-0.39, 0.29) is 10.9 Å². The Balaban J connectivity index is 2.25. The topological polar surface area (TPSA) is 84.5 Å². The normalized spacial score (nSPS) is 19.0. The molecule has 1 aromatic carbocycles. The molecule has 20 heavy (non-hydrogen) atoms. The average molecular weight is 363 g/mol. The zero-order chi connectivity index (χ0) is 14.8. The van der Waals surface area contributed by atoms with Gasteiger partial charge >= 0.3 is 5.97 Å². The van der Waals surface area contributed by atoms with E-state index in [2.05, 4.69) is 30.7 Å². The van der Waals surface area contributed by atoms with Crippen molar-refractivity contribution >= 4 is 31.9 Å². The van der Waals surface area contributed by atoms with Crippen LogP contribution in [0, 0.1) is 0 Å². The second-order valence-electron chi connectivity index (χ2n) is 4.45. The van der Waals surface area contributed by atoms with Crippen LogP contribution >= 0.6 is 15.9 Å². The van der Waals surface area contributed by atoms with Gasteiger partial charge in [-0.25, -0.2) is 17.9 Å². The predicted molar refractivity (Wildman–Crippen MR) is 77.1 cm³/mol. The number of carbonyl (C=O) groups excluding carboxylic acids is 1. The van der Waals surface area contributed by atoms with Crippen LogP contribution in [-0.4, -0.2) is 40.6 Å². The number of rotatable bonds is 4. The molecule has 1 fully saturated rings. The fraction of sp³-hybridized carbons (Fsp3) is 0.417. The molecule has 1 atom stereocenters. The molecule has 1 aromatic rings. The van der Waals surface area contributed by atoms with Crippen molar-refractivity contribution in [2.75, 3.05) is 20.2 Å². The van der Waals surface area contributed by atoms with Gasteiger partial charge in [0.25, 0.3) is 0 Å². The van der Waals surface area contributed by atoms with E-state index in [4.69, 9.17) is 0 Å². The Bertz CT molecular complexity index is 612. The van der Waals surface area contributed by atoms with E-state index < -0.39 is 16.0 Å². The molecule has 0 bridgehead atoms. The average Bonchev–Trinajstić information content (AvgIpc) is 2.89. The second kappa shape index (κ2) is 6.21. The van der Waals surface area contributed by atoms with Crippen LogP contribution in [0.4, 0.5) is 0 Å². The Morgan fingerprint density at radius 3 is 2.80 bits per heavy atom. The van der Waals surface area contributed by atoms with Gasteiger partial charge in [-0.2, -0.15) is 0 Å². The third-order valence-corrected chi connectivity index (χ3v) is 5.52. The number of methoxy groups -OCH3 is 1. The molecule has 8 heteroatoms. The summed E-state index contributed by atoms with van der Waals surface area (Å²) in [6, 6.07) is 4.15. The first-order valence-corrected chi connectivity index (χ1v) is 8.32. The van der Waals surface area contributed by atoms with Crippen molar-refractivity contribution in [1.29, 1.82) is 0 Å². The van der Waals surface area contributed by atoms with Gasteiger partial charge in [0.2, 0.25) is 10.0 Å². The van der Waals surface area contributed by atoms with Crippen LogP contribution < -0.4 is 10.0 Å². The fourth-order valence-corrected chi connectivity index (χ4v) is 4.35. The predicted octanol–water partition coefficient (Wildman–Crippen LogP) is 0.876. The van der Waals surface area contributed by atoms with Crippen molar-refractivity contribution in [1.82, 2.24) is 10.0 Å². The largest absolute Gasteiger partial charge is 0.465 e. The summed E-state index contributed by atoms with van der Waals surface area (Å²) in [5.41, 5.74) is 0.292. The second-order valence-corrected chi connectivity index (χ2v) is 6.98. The first kappa shape index (κ1) is 15.4. The zero-order valence-electron chi connectivity index (χ0n) is 10.8. The standard InChI is InChI=1S/C12H15BrN2O4S/c1-19-12(16)8-2-3-11(10(13)6-8)20(17,18)15-9-4-5-14-7-9/h2-3,6,9,14-15H,4-5,7H2,1H3. The van der Waals surface area contributed by atoms with E-state index in [1.54, 1.807) is 0 Å². The fourth-order valence-electron chi connectivity index (χ4n) is 2.00. The van der Waals surface area contributed by atoms with Crippen LogP contribution in [0.25, 0.3) is 0 Å². The van der Waals surface area contributed by atoms with Gasteiger partial charge in [0.1, 0.15) is 0 Å². The van der Waals surface area contributed by atoms with Gasteiger partial charge in [0.05, 0.1) is 17.6 Å². The lowest BCUT2D eigenvalue weighted by atomic mass is 10.2. The maximum Gasteiger partial charge on any atom is 0.337 e. The van der Waals surface area contributed by atoms with Crippen LogP contribution in [0.1, 0.15) is 16.8 Å². The van der Waals surface area contributed by atoms with Crippen molar-refractivity contribution in [3.8, 4) is 0 Å². The van der Waals surface area contributed by atoms with Crippen LogP contribution in [-0.2, 0) is 14.8 Å². The summed E-state index contributed by atoms with van der Waals surface area (Å²) >= 11 is 3.19. The van der Waals surface area contributed by atoms with Crippen molar-refractivity contribution in [2.45, 2.75) is 17.4 Å². The molecule has 1 unspecified atom stereocenters. The van der Waals surface area contributed by atoms with Gasteiger partial charge < -0.3 is 10.1 Å². The number of nitrogens with one attached hydrogen (secondary N) is 2. The smallest absolute Gasteiger partial charge is 0.337 e. The molecule has 0 aromatic heterocycles. The van der Waals surface area contributed by atoms with E-state index in [1.165, 1.54) is 25.3 Å². The Kier molecular flexibility index (Phi) is 4.79. The molecule has 6 nitrogen and oxygen atoms in total. The Morgan fingerprint density at radius 1 is 1.50 bits per heavy atom. The minimum absolute atomic E-state index is 0.104. The highest BCUT2D eigenvalue weighted by molar-refractivity contribution is 9.10. The molecule has 0 amide bonds. The molecule has 1 heterocycles. The van der Waals surface area contributed by atoms with Crippen molar-refractivity contribution in [3.63, 3.8) is 0 Å². The monoisotopic (exact) mass is 362 g/mol. The number of carbonyl (C=O) groups is 1. The minimum Gasteiger partial charge on any atom is -0.465 e. The van der Waals surface area contributed by atoms with Gasteiger partial charge in [-0.1, -0.05) is 0 Å². The van der Waals surface area contributed by atoms with Crippen LogP contribution in [0.5, 0.6) is 0 Å². The highest BCUT2D eigenvalue weighted by Gasteiger charge is 2.25. The maximum absolute atomic E-state index is 12.3. The first-order chi connectivity index (χ1) is 9.44. The lowest BCUT2D eigenvalue weighted by Gasteiger charge is -2.13. The van der Waals surface area contributed by atoms with E-state index in [9.17, 15) is 13.2 Å². The van der Waals surface area contributed by atoms with Crippen LogP contribution in [0.15, 0.2) is 27.6 Å². The highest BCUT2D eigenvalue weighted by atomic mass is 79.9. The van der Waals surface area contributed by atoms with Gasteiger partial charge in [-0.3, -0.25) is 0 Å². The third-order valence-electron chi connectivity index (χ3n) is 3.02. The van der Waals surface area contributed by atoms with E-state index >= 15 is 0 Å². The molecule has 110 valence electrons. The number of ether oxygens (including phenoxy) is 1. The zero-order valence-corrected chi connectivity index (χ0v) is 13.3. The van der Waals surface area contributed by atoms with Crippen molar-refractivity contribution < 1.29 is 17.9 Å². The summed E-state index contributed by atoms with van der Waals surface area (Å²) in [7, 11) is -2.34. The van der Waals surface area contributed by atoms with E-state index in [1.807, 2.05) is 0 Å². The Labute approximate surface area is 126 Å². The number of esters is 1. The van der Waals surface area contributed by atoms with Gasteiger partial charge in [0, 0.05) is 17.1 Å². The SMILES string of the molecule is COC(=O)c1ccc(S(=O)(=O)NC2CCNC2)c(Br)c1. The van der Waals surface area contributed by atoms with Gasteiger partial charge in [-0.05, 0) is 47.1 Å². The summed E-state index contributed by atoms with van der Waals surface area (Å²) in [6.07, 6.45) is 0.761. The number of hydrogen-bond donors (Lipinski definition) is 2. The molecule has 1 aliphatic heterocycles. The quantitative estimate of drug-likeness (QED) is 0.776. The molecule has 0 aliphatic carbocycles. The number of hydrogen-bond acceptors (Lipinski definition) is 5. The van der Waals surface area contributed by atoms with Crippen molar-refractivity contribution in [2.24, 2.45) is 0 Å². The molecule has 1 saturated heterocycles.